The summed E-state index contributed by atoms with van der Waals surface area (Å²) < 4.78 is 5.64. The van der Waals surface area contributed by atoms with Crippen LogP contribution in [-0.2, 0) is 9.53 Å². The summed E-state index contributed by atoms with van der Waals surface area (Å²) in [7, 11) is 0. The van der Waals surface area contributed by atoms with Crippen LogP contribution in [-0.4, -0.2) is 43.2 Å². The van der Waals surface area contributed by atoms with Gasteiger partial charge in [0.1, 0.15) is 0 Å². The molecule has 1 unspecified atom stereocenters. The Morgan fingerprint density at radius 3 is 2.86 bits per heavy atom. The zero-order chi connectivity index (χ0) is 14.7. The Kier molecular flexibility index (Phi) is 4.44. The van der Waals surface area contributed by atoms with E-state index in [4.69, 9.17) is 4.74 Å². The van der Waals surface area contributed by atoms with Crippen molar-refractivity contribution in [1.82, 2.24) is 4.90 Å². The van der Waals surface area contributed by atoms with Gasteiger partial charge in [0, 0.05) is 44.3 Å². The molecule has 2 aliphatic heterocycles. The largest absolute Gasteiger partial charge is 0.384 e. The molecule has 0 aliphatic carbocycles. The molecule has 0 bridgehead atoms. The number of hydrogen-bond acceptors (Lipinski definition) is 3. The van der Waals surface area contributed by atoms with Crippen LogP contribution in [0.2, 0.25) is 0 Å². The van der Waals surface area contributed by atoms with E-state index in [1.54, 1.807) is 0 Å². The lowest BCUT2D eigenvalue weighted by molar-refractivity contribution is -0.134. The van der Waals surface area contributed by atoms with Crippen molar-refractivity contribution in [3.63, 3.8) is 0 Å². The fourth-order valence-corrected chi connectivity index (χ4v) is 3.39. The van der Waals surface area contributed by atoms with Gasteiger partial charge in [-0.3, -0.25) is 4.79 Å². The number of carbonyl (C=O) groups is 1. The predicted molar refractivity (Wildman–Crippen MR) is 83.5 cm³/mol. The number of ether oxygens (including phenoxy) is 1. The molecule has 1 amide bonds. The van der Waals surface area contributed by atoms with Crippen molar-refractivity contribution in [2.75, 3.05) is 31.6 Å². The zero-order valence-corrected chi connectivity index (χ0v) is 12.7. The second kappa shape index (κ2) is 6.48. The summed E-state index contributed by atoms with van der Waals surface area (Å²) in [5, 5.41) is 3.39. The van der Waals surface area contributed by atoms with Crippen LogP contribution >= 0.6 is 0 Å². The number of carbonyl (C=O) groups excluding carboxylic acids is 1. The van der Waals surface area contributed by atoms with Crippen molar-refractivity contribution < 1.29 is 9.53 Å². The number of fused-ring (bicyclic) bond motifs is 1. The summed E-state index contributed by atoms with van der Waals surface area (Å²) in [6, 6.07) is 8.31. The molecule has 1 aromatic carbocycles. The normalized spacial score (nSPS) is 22.0. The lowest BCUT2D eigenvalue weighted by Gasteiger charge is -2.32. The highest BCUT2D eigenvalue weighted by atomic mass is 16.5. The molecule has 3 rings (SSSR count). The van der Waals surface area contributed by atoms with Crippen molar-refractivity contribution in [2.45, 2.75) is 38.2 Å². The van der Waals surface area contributed by atoms with Gasteiger partial charge in [-0.05, 0) is 31.4 Å². The fourth-order valence-electron chi connectivity index (χ4n) is 3.39. The lowest BCUT2D eigenvalue weighted by Crippen LogP contribution is -2.41. The number of piperidine rings is 1. The van der Waals surface area contributed by atoms with Crippen LogP contribution in [0.5, 0.6) is 0 Å². The molecule has 114 valence electrons. The Bertz CT molecular complexity index is 495. The Morgan fingerprint density at radius 1 is 1.33 bits per heavy atom. The van der Waals surface area contributed by atoms with Gasteiger partial charge in [0.2, 0.25) is 5.91 Å². The van der Waals surface area contributed by atoms with Gasteiger partial charge in [0.05, 0.1) is 6.10 Å². The maximum absolute atomic E-state index is 12.5. The molecule has 0 aromatic heterocycles. The molecule has 2 heterocycles. The van der Waals surface area contributed by atoms with Crippen LogP contribution in [0.15, 0.2) is 24.3 Å². The van der Waals surface area contributed by atoms with E-state index in [0.717, 1.165) is 39.1 Å². The molecule has 1 N–H and O–H groups in total. The van der Waals surface area contributed by atoms with Crippen LogP contribution in [0, 0.1) is 0 Å². The van der Waals surface area contributed by atoms with E-state index >= 15 is 0 Å². The molecular weight excluding hydrogens is 264 g/mol. The molecule has 21 heavy (non-hydrogen) atoms. The van der Waals surface area contributed by atoms with E-state index in [9.17, 15) is 4.79 Å². The molecule has 1 saturated heterocycles. The number of nitrogens with zero attached hydrogens (tertiary/aromatic N) is 1. The maximum Gasteiger partial charge on any atom is 0.223 e. The standard InChI is InChI=1S/C17H24N2O2/c1-2-21-14-7-9-19(10-8-14)17(20)11-13-12-18-16-6-4-3-5-15(13)16/h3-6,13-14,18H,2,7-12H2,1H3. The van der Waals surface area contributed by atoms with Crippen LogP contribution in [0.1, 0.15) is 37.7 Å². The minimum atomic E-state index is 0.286. The third kappa shape index (κ3) is 3.21. The van der Waals surface area contributed by atoms with Crippen molar-refractivity contribution in [1.29, 1.82) is 0 Å². The summed E-state index contributed by atoms with van der Waals surface area (Å²) in [5.41, 5.74) is 2.47. The highest BCUT2D eigenvalue weighted by Gasteiger charge is 2.28. The second-order valence-corrected chi connectivity index (χ2v) is 5.90. The first-order chi connectivity index (χ1) is 10.3. The summed E-state index contributed by atoms with van der Waals surface area (Å²) >= 11 is 0. The van der Waals surface area contributed by atoms with Crippen LogP contribution in [0.25, 0.3) is 0 Å². The quantitative estimate of drug-likeness (QED) is 0.926. The van der Waals surface area contributed by atoms with Gasteiger partial charge in [-0.15, -0.1) is 0 Å². The number of nitrogens with one attached hydrogen (secondary N) is 1. The molecule has 1 atom stereocenters. The second-order valence-electron chi connectivity index (χ2n) is 5.90. The first kappa shape index (κ1) is 14.4. The summed E-state index contributed by atoms with van der Waals surface area (Å²) in [4.78, 5) is 14.5. The third-order valence-corrected chi connectivity index (χ3v) is 4.56. The van der Waals surface area contributed by atoms with Crippen LogP contribution in [0.4, 0.5) is 5.69 Å². The molecule has 1 aromatic rings. The van der Waals surface area contributed by atoms with Gasteiger partial charge < -0.3 is 15.0 Å². The van der Waals surface area contributed by atoms with Gasteiger partial charge in [-0.2, -0.15) is 0 Å². The monoisotopic (exact) mass is 288 g/mol. The minimum Gasteiger partial charge on any atom is -0.384 e. The molecule has 0 saturated carbocycles. The molecule has 1 fully saturated rings. The minimum absolute atomic E-state index is 0.286. The van der Waals surface area contributed by atoms with E-state index in [-0.39, 0.29) is 5.91 Å². The zero-order valence-electron chi connectivity index (χ0n) is 12.7. The molecule has 4 nitrogen and oxygen atoms in total. The maximum atomic E-state index is 12.5. The van der Waals surface area contributed by atoms with E-state index in [2.05, 4.69) is 23.5 Å². The van der Waals surface area contributed by atoms with Gasteiger partial charge in [0.15, 0.2) is 0 Å². The van der Waals surface area contributed by atoms with E-state index in [0.29, 0.717) is 18.4 Å². The Hall–Kier alpha value is -1.55. The number of anilines is 1. The predicted octanol–water partition coefficient (Wildman–Crippen LogP) is 2.61. The van der Waals surface area contributed by atoms with Crippen LogP contribution < -0.4 is 5.32 Å². The van der Waals surface area contributed by atoms with Crippen molar-refractivity contribution in [3.05, 3.63) is 29.8 Å². The van der Waals surface area contributed by atoms with Crippen molar-refractivity contribution in [2.24, 2.45) is 0 Å². The first-order valence-electron chi connectivity index (χ1n) is 8.00. The van der Waals surface area contributed by atoms with Crippen molar-refractivity contribution in [3.8, 4) is 0 Å². The van der Waals surface area contributed by atoms with Crippen molar-refractivity contribution >= 4 is 11.6 Å². The third-order valence-electron chi connectivity index (χ3n) is 4.56. The molecule has 2 aliphatic rings. The number of amides is 1. The summed E-state index contributed by atoms with van der Waals surface area (Å²) in [6.07, 6.45) is 2.90. The number of hydrogen-bond donors (Lipinski definition) is 1. The van der Waals surface area contributed by atoms with Gasteiger partial charge in [-0.1, -0.05) is 18.2 Å². The summed E-state index contributed by atoms with van der Waals surface area (Å²) in [5.74, 6) is 0.603. The number of para-hydroxylation sites is 1. The molecule has 0 spiro atoms. The van der Waals surface area contributed by atoms with Gasteiger partial charge >= 0.3 is 0 Å². The highest BCUT2D eigenvalue weighted by molar-refractivity contribution is 5.78. The lowest BCUT2D eigenvalue weighted by atomic mass is 9.96. The fraction of sp³-hybridized carbons (Fsp3) is 0.588. The smallest absolute Gasteiger partial charge is 0.223 e. The van der Waals surface area contributed by atoms with Gasteiger partial charge in [-0.25, -0.2) is 0 Å². The Balaban J connectivity index is 1.54. The van der Waals surface area contributed by atoms with E-state index in [1.807, 2.05) is 17.9 Å². The van der Waals surface area contributed by atoms with E-state index in [1.165, 1.54) is 11.3 Å². The Morgan fingerprint density at radius 2 is 2.10 bits per heavy atom. The van der Waals surface area contributed by atoms with E-state index < -0.39 is 0 Å². The molecule has 4 heteroatoms. The Labute approximate surface area is 126 Å². The SMILES string of the molecule is CCOC1CCN(C(=O)CC2CNc3ccccc32)CC1. The van der Waals surface area contributed by atoms with Gasteiger partial charge in [0.25, 0.3) is 0 Å². The average molecular weight is 288 g/mol. The summed E-state index contributed by atoms with van der Waals surface area (Å²) in [6.45, 7) is 5.35. The average Bonchev–Trinajstić information content (AvgIpc) is 2.92. The highest BCUT2D eigenvalue weighted by Crippen LogP contribution is 2.33. The number of likely N-dealkylation sites (tertiary alicyclic amines) is 1. The number of rotatable bonds is 4. The molecular formula is C17H24N2O2. The topological polar surface area (TPSA) is 41.6 Å². The first-order valence-corrected chi connectivity index (χ1v) is 8.00. The number of benzene rings is 1. The van der Waals surface area contributed by atoms with Crippen LogP contribution in [0.3, 0.4) is 0 Å². The molecule has 0 radical (unpaired) electrons.